The number of carbonyl (C=O) groups is 1. The predicted octanol–water partition coefficient (Wildman–Crippen LogP) is 2.77. The lowest BCUT2D eigenvalue weighted by Gasteiger charge is -2.07. The smallest absolute Gasteiger partial charge is 0.255 e. The van der Waals surface area contributed by atoms with Gasteiger partial charge in [0.05, 0.1) is 29.8 Å². The van der Waals surface area contributed by atoms with Gasteiger partial charge < -0.3 is 9.73 Å². The van der Waals surface area contributed by atoms with Crippen LogP contribution in [-0.4, -0.2) is 15.7 Å². The molecule has 0 saturated heterocycles. The number of carbonyl (C=O) groups excluding carboxylic acids is 1. The third-order valence-electron chi connectivity index (χ3n) is 3.87. The first-order valence-electron chi connectivity index (χ1n) is 7.57. The summed E-state index contributed by atoms with van der Waals surface area (Å²) in [6.07, 6.45) is 5.77. The molecule has 1 saturated carbocycles. The molecule has 2 heterocycles. The Morgan fingerprint density at radius 1 is 1.52 bits per heavy atom. The first-order chi connectivity index (χ1) is 10.2. The van der Waals surface area contributed by atoms with Crippen LogP contribution in [0.4, 0.5) is 0 Å². The number of nitrogens with one attached hydrogen (secondary N) is 1. The Bertz CT molecular complexity index is 624. The molecule has 0 bridgehead atoms. The molecule has 0 unspecified atom stereocenters. The summed E-state index contributed by atoms with van der Waals surface area (Å²) in [5.41, 5.74) is 2.79. The molecule has 0 aliphatic heterocycles. The van der Waals surface area contributed by atoms with Crippen molar-refractivity contribution >= 4 is 5.91 Å². The zero-order valence-electron chi connectivity index (χ0n) is 12.6. The van der Waals surface area contributed by atoms with Crippen molar-refractivity contribution in [3.05, 3.63) is 41.1 Å². The molecule has 112 valence electrons. The maximum Gasteiger partial charge on any atom is 0.255 e. The van der Waals surface area contributed by atoms with Crippen LogP contribution in [0.15, 0.2) is 22.8 Å². The molecule has 0 radical (unpaired) electrons. The van der Waals surface area contributed by atoms with Crippen LogP contribution in [0.5, 0.6) is 0 Å². The van der Waals surface area contributed by atoms with E-state index in [1.54, 1.807) is 6.26 Å². The van der Waals surface area contributed by atoms with E-state index in [9.17, 15) is 4.79 Å². The van der Waals surface area contributed by atoms with Gasteiger partial charge in [0.15, 0.2) is 0 Å². The van der Waals surface area contributed by atoms with E-state index in [-0.39, 0.29) is 5.91 Å². The van der Waals surface area contributed by atoms with Gasteiger partial charge in [-0.15, -0.1) is 0 Å². The Balaban J connectivity index is 1.82. The standard InChI is InChI=1S/C16H21N3O2/c1-3-5-13-14(15(11-7-8-11)18-19(13)2)16(20)17-10-12-6-4-9-21-12/h4,6,9,11H,3,5,7-8,10H2,1-2H3,(H,17,20). The molecule has 21 heavy (non-hydrogen) atoms. The Morgan fingerprint density at radius 3 is 2.95 bits per heavy atom. The van der Waals surface area contributed by atoms with Gasteiger partial charge in [0.25, 0.3) is 5.91 Å². The van der Waals surface area contributed by atoms with E-state index in [2.05, 4.69) is 17.3 Å². The van der Waals surface area contributed by atoms with Crippen molar-refractivity contribution in [1.82, 2.24) is 15.1 Å². The van der Waals surface area contributed by atoms with Gasteiger partial charge in [0.1, 0.15) is 5.76 Å². The van der Waals surface area contributed by atoms with Gasteiger partial charge in [-0.25, -0.2) is 0 Å². The van der Waals surface area contributed by atoms with Crippen molar-refractivity contribution in [1.29, 1.82) is 0 Å². The van der Waals surface area contributed by atoms with E-state index in [1.165, 1.54) is 0 Å². The first kappa shape index (κ1) is 13.9. The Hall–Kier alpha value is -2.04. The summed E-state index contributed by atoms with van der Waals surface area (Å²) < 4.78 is 7.13. The Labute approximate surface area is 124 Å². The summed E-state index contributed by atoms with van der Waals surface area (Å²) in [4.78, 5) is 12.6. The third kappa shape index (κ3) is 2.86. The molecule has 2 aromatic heterocycles. The van der Waals surface area contributed by atoms with Crippen molar-refractivity contribution in [2.24, 2.45) is 7.05 Å². The van der Waals surface area contributed by atoms with Crippen molar-refractivity contribution < 1.29 is 9.21 Å². The van der Waals surface area contributed by atoms with E-state index in [4.69, 9.17) is 4.42 Å². The largest absolute Gasteiger partial charge is 0.467 e. The summed E-state index contributed by atoms with van der Waals surface area (Å²) in [7, 11) is 1.93. The highest BCUT2D eigenvalue weighted by atomic mass is 16.3. The van der Waals surface area contributed by atoms with Crippen LogP contribution in [0.2, 0.25) is 0 Å². The van der Waals surface area contributed by atoms with Crippen molar-refractivity contribution in [3.63, 3.8) is 0 Å². The van der Waals surface area contributed by atoms with Gasteiger partial charge >= 0.3 is 0 Å². The van der Waals surface area contributed by atoms with Crippen molar-refractivity contribution in [3.8, 4) is 0 Å². The highest BCUT2D eigenvalue weighted by Gasteiger charge is 2.33. The number of amides is 1. The van der Waals surface area contributed by atoms with E-state index < -0.39 is 0 Å². The molecule has 1 aliphatic carbocycles. The second-order valence-corrected chi connectivity index (χ2v) is 5.62. The number of hydrogen-bond acceptors (Lipinski definition) is 3. The quantitative estimate of drug-likeness (QED) is 0.888. The molecular formula is C16H21N3O2. The summed E-state index contributed by atoms with van der Waals surface area (Å²) in [6, 6.07) is 3.68. The van der Waals surface area contributed by atoms with E-state index in [0.717, 1.165) is 48.4 Å². The molecule has 3 rings (SSSR count). The van der Waals surface area contributed by atoms with Crippen LogP contribution in [0, 0.1) is 0 Å². The van der Waals surface area contributed by atoms with E-state index in [0.29, 0.717) is 12.5 Å². The zero-order chi connectivity index (χ0) is 14.8. The third-order valence-corrected chi connectivity index (χ3v) is 3.87. The number of nitrogens with zero attached hydrogens (tertiary/aromatic N) is 2. The number of hydrogen-bond donors (Lipinski definition) is 1. The average Bonchev–Trinajstić information content (AvgIpc) is 3.08. The Morgan fingerprint density at radius 2 is 2.33 bits per heavy atom. The lowest BCUT2D eigenvalue weighted by Crippen LogP contribution is -2.24. The minimum absolute atomic E-state index is 0.0372. The van der Waals surface area contributed by atoms with Crippen LogP contribution in [0.3, 0.4) is 0 Å². The molecule has 1 aliphatic rings. The number of aromatic nitrogens is 2. The van der Waals surface area contributed by atoms with Gasteiger partial charge in [-0.2, -0.15) is 5.10 Å². The maximum absolute atomic E-state index is 12.6. The van der Waals surface area contributed by atoms with Crippen molar-refractivity contribution in [2.45, 2.75) is 45.1 Å². The Kier molecular flexibility index (Phi) is 3.82. The fourth-order valence-electron chi connectivity index (χ4n) is 2.66. The first-order valence-corrected chi connectivity index (χ1v) is 7.57. The van der Waals surface area contributed by atoms with Crippen LogP contribution in [0.25, 0.3) is 0 Å². The zero-order valence-corrected chi connectivity index (χ0v) is 12.6. The molecule has 1 N–H and O–H groups in total. The predicted molar refractivity (Wildman–Crippen MR) is 79.1 cm³/mol. The fraction of sp³-hybridized carbons (Fsp3) is 0.500. The van der Waals surface area contributed by atoms with Crippen LogP contribution in [-0.2, 0) is 20.0 Å². The summed E-state index contributed by atoms with van der Waals surface area (Å²) in [5, 5.41) is 7.54. The molecule has 2 aromatic rings. The maximum atomic E-state index is 12.6. The second kappa shape index (κ2) is 5.76. The van der Waals surface area contributed by atoms with Crippen molar-refractivity contribution in [2.75, 3.05) is 0 Å². The topological polar surface area (TPSA) is 60.1 Å². The normalized spacial score (nSPS) is 14.4. The second-order valence-electron chi connectivity index (χ2n) is 5.62. The summed E-state index contributed by atoms with van der Waals surface area (Å²) >= 11 is 0. The minimum Gasteiger partial charge on any atom is -0.467 e. The molecular weight excluding hydrogens is 266 g/mol. The van der Waals surface area contributed by atoms with Crippen LogP contribution in [0.1, 0.15) is 59.6 Å². The lowest BCUT2D eigenvalue weighted by atomic mass is 10.1. The van der Waals surface area contributed by atoms with Gasteiger partial charge in [0.2, 0.25) is 0 Å². The minimum atomic E-state index is -0.0372. The van der Waals surface area contributed by atoms with Gasteiger partial charge in [0, 0.05) is 13.0 Å². The highest BCUT2D eigenvalue weighted by molar-refractivity contribution is 5.96. The van der Waals surface area contributed by atoms with Crippen LogP contribution >= 0.6 is 0 Å². The summed E-state index contributed by atoms with van der Waals surface area (Å²) in [6.45, 7) is 2.53. The molecule has 0 atom stereocenters. The van der Waals surface area contributed by atoms with Gasteiger partial charge in [-0.3, -0.25) is 9.48 Å². The molecule has 0 spiro atoms. The van der Waals surface area contributed by atoms with E-state index >= 15 is 0 Å². The number of furan rings is 1. The molecule has 0 aromatic carbocycles. The van der Waals surface area contributed by atoms with Crippen LogP contribution < -0.4 is 5.32 Å². The molecule has 1 fully saturated rings. The van der Waals surface area contributed by atoms with E-state index in [1.807, 2.05) is 23.9 Å². The molecule has 5 heteroatoms. The molecule has 1 amide bonds. The summed E-state index contributed by atoms with van der Waals surface area (Å²) in [5.74, 6) is 1.19. The fourth-order valence-corrected chi connectivity index (χ4v) is 2.66. The number of rotatable bonds is 6. The van der Waals surface area contributed by atoms with Gasteiger partial charge in [-0.1, -0.05) is 13.3 Å². The monoisotopic (exact) mass is 287 g/mol. The highest BCUT2D eigenvalue weighted by Crippen LogP contribution is 2.41. The lowest BCUT2D eigenvalue weighted by molar-refractivity contribution is 0.0946. The van der Waals surface area contributed by atoms with Gasteiger partial charge in [-0.05, 0) is 31.4 Å². The molecule has 5 nitrogen and oxygen atoms in total. The number of aryl methyl sites for hydroxylation is 1. The SMILES string of the molecule is CCCc1c(C(=O)NCc2ccco2)c(C2CC2)nn1C. The average molecular weight is 287 g/mol.